The van der Waals surface area contributed by atoms with Gasteiger partial charge >= 0.3 is 0 Å². The molecule has 0 atom stereocenters. The number of hydrazone groups is 1. The summed E-state index contributed by atoms with van der Waals surface area (Å²) in [6.45, 7) is 0. The van der Waals surface area contributed by atoms with Crippen LogP contribution < -0.4 is 5.43 Å². The van der Waals surface area contributed by atoms with E-state index in [1.165, 1.54) is 0 Å². The highest BCUT2D eigenvalue weighted by atomic mass is 35.5. The van der Waals surface area contributed by atoms with Crippen molar-refractivity contribution in [2.75, 3.05) is 5.75 Å². The summed E-state index contributed by atoms with van der Waals surface area (Å²) in [7, 11) is 0. The van der Waals surface area contributed by atoms with Crippen LogP contribution in [-0.2, 0) is 4.79 Å². The Morgan fingerprint density at radius 1 is 1.05 bits per heavy atom. The molecule has 0 unspecified atom stereocenters. The van der Waals surface area contributed by atoms with Crippen molar-refractivity contribution in [3.05, 3.63) is 64.1 Å². The fourth-order valence-corrected chi connectivity index (χ4v) is 2.68. The second-order valence-corrected chi connectivity index (χ2v) is 6.44. The molecular weight excluding hydrogens is 339 g/mol. The van der Waals surface area contributed by atoms with Crippen LogP contribution in [0.1, 0.15) is 12.0 Å². The van der Waals surface area contributed by atoms with E-state index in [-0.39, 0.29) is 5.91 Å². The first-order valence-electron chi connectivity index (χ1n) is 6.59. The molecular formula is C16H14Cl2N2OS. The number of carbonyl (C=O) groups is 1. The number of rotatable bonds is 6. The van der Waals surface area contributed by atoms with E-state index in [4.69, 9.17) is 23.2 Å². The monoisotopic (exact) mass is 352 g/mol. The number of hydrogen-bond donors (Lipinski definition) is 1. The van der Waals surface area contributed by atoms with Crippen LogP contribution in [0, 0.1) is 0 Å². The van der Waals surface area contributed by atoms with E-state index in [0.717, 1.165) is 10.5 Å². The molecule has 0 aromatic heterocycles. The van der Waals surface area contributed by atoms with E-state index in [2.05, 4.69) is 10.5 Å². The zero-order valence-corrected chi connectivity index (χ0v) is 14.0. The molecule has 114 valence electrons. The molecule has 2 aromatic carbocycles. The number of amides is 1. The van der Waals surface area contributed by atoms with Crippen LogP contribution in [0.15, 0.2) is 58.5 Å². The van der Waals surface area contributed by atoms with E-state index in [0.29, 0.717) is 22.2 Å². The number of carbonyl (C=O) groups excluding carboxylic acids is 1. The lowest BCUT2D eigenvalue weighted by Gasteiger charge is -2.01. The van der Waals surface area contributed by atoms with Crippen LogP contribution in [0.3, 0.4) is 0 Å². The Morgan fingerprint density at radius 3 is 2.27 bits per heavy atom. The molecule has 0 aliphatic carbocycles. The van der Waals surface area contributed by atoms with Crippen molar-refractivity contribution in [1.82, 2.24) is 5.43 Å². The summed E-state index contributed by atoms with van der Waals surface area (Å²) >= 11 is 13.2. The highest BCUT2D eigenvalue weighted by Gasteiger charge is 2.01. The van der Waals surface area contributed by atoms with Gasteiger partial charge in [0.25, 0.3) is 0 Å². The molecule has 2 aromatic rings. The summed E-state index contributed by atoms with van der Waals surface area (Å²) < 4.78 is 0. The standard InChI is InChI=1S/C16H14Cl2N2OS/c17-13-3-1-12(2-4-13)11-19-20-16(21)9-10-22-15-7-5-14(18)6-8-15/h1-8,11H,9-10H2,(H,20,21)/b19-11-. The van der Waals surface area contributed by atoms with Gasteiger partial charge in [-0.15, -0.1) is 11.8 Å². The Kier molecular flexibility index (Phi) is 6.77. The first-order valence-corrected chi connectivity index (χ1v) is 8.33. The maximum atomic E-state index is 11.7. The van der Waals surface area contributed by atoms with Gasteiger partial charge in [-0.3, -0.25) is 4.79 Å². The molecule has 3 nitrogen and oxygen atoms in total. The average molecular weight is 353 g/mol. The third kappa shape index (κ3) is 6.10. The summed E-state index contributed by atoms with van der Waals surface area (Å²) in [6.07, 6.45) is 1.98. The third-order valence-electron chi connectivity index (χ3n) is 2.68. The normalized spacial score (nSPS) is 10.8. The Balaban J connectivity index is 1.69. The van der Waals surface area contributed by atoms with Gasteiger partial charge < -0.3 is 0 Å². The van der Waals surface area contributed by atoms with Crippen LogP contribution in [0.25, 0.3) is 0 Å². The molecule has 0 spiro atoms. The largest absolute Gasteiger partial charge is 0.273 e. The predicted octanol–water partition coefficient (Wildman–Crippen LogP) is 4.63. The molecule has 1 amide bonds. The molecule has 0 bridgehead atoms. The Morgan fingerprint density at radius 2 is 1.64 bits per heavy atom. The molecule has 0 fully saturated rings. The van der Waals surface area contributed by atoms with Crippen molar-refractivity contribution in [1.29, 1.82) is 0 Å². The third-order valence-corrected chi connectivity index (χ3v) is 4.20. The van der Waals surface area contributed by atoms with E-state index in [1.54, 1.807) is 30.1 Å². The van der Waals surface area contributed by atoms with E-state index >= 15 is 0 Å². The molecule has 0 radical (unpaired) electrons. The van der Waals surface area contributed by atoms with Gasteiger partial charge in [0.2, 0.25) is 5.91 Å². The molecule has 0 heterocycles. The number of thioether (sulfide) groups is 1. The number of nitrogens with one attached hydrogen (secondary N) is 1. The Bertz CT molecular complexity index is 642. The van der Waals surface area contributed by atoms with Crippen LogP contribution in [-0.4, -0.2) is 17.9 Å². The molecule has 2 rings (SSSR count). The molecule has 0 aliphatic heterocycles. The number of hydrogen-bond acceptors (Lipinski definition) is 3. The van der Waals surface area contributed by atoms with Gasteiger partial charge in [-0.1, -0.05) is 35.3 Å². The van der Waals surface area contributed by atoms with Crippen molar-refractivity contribution in [2.45, 2.75) is 11.3 Å². The zero-order valence-electron chi connectivity index (χ0n) is 11.6. The van der Waals surface area contributed by atoms with E-state index < -0.39 is 0 Å². The minimum Gasteiger partial charge on any atom is -0.273 e. The maximum absolute atomic E-state index is 11.7. The van der Waals surface area contributed by atoms with Gasteiger partial charge in [0.15, 0.2) is 0 Å². The fraction of sp³-hybridized carbons (Fsp3) is 0.125. The van der Waals surface area contributed by atoms with Gasteiger partial charge in [0, 0.05) is 27.1 Å². The summed E-state index contributed by atoms with van der Waals surface area (Å²) in [6, 6.07) is 14.7. The van der Waals surface area contributed by atoms with Gasteiger partial charge in [-0.25, -0.2) is 5.43 Å². The smallest absolute Gasteiger partial charge is 0.240 e. The average Bonchev–Trinajstić information content (AvgIpc) is 2.51. The van der Waals surface area contributed by atoms with Crippen molar-refractivity contribution in [3.8, 4) is 0 Å². The second kappa shape index (κ2) is 8.83. The minimum atomic E-state index is -0.119. The lowest BCUT2D eigenvalue weighted by atomic mass is 10.2. The van der Waals surface area contributed by atoms with Crippen LogP contribution >= 0.6 is 35.0 Å². The van der Waals surface area contributed by atoms with Crippen molar-refractivity contribution in [2.24, 2.45) is 5.10 Å². The Hall–Kier alpha value is -1.49. The van der Waals surface area contributed by atoms with Gasteiger partial charge in [0.05, 0.1) is 6.21 Å². The zero-order chi connectivity index (χ0) is 15.8. The Labute approximate surface area is 143 Å². The SMILES string of the molecule is O=C(CCSc1ccc(Cl)cc1)N/N=C\c1ccc(Cl)cc1. The lowest BCUT2D eigenvalue weighted by molar-refractivity contribution is -0.120. The van der Waals surface area contributed by atoms with Gasteiger partial charge in [-0.05, 0) is 42.0 Å². The first-order chi connectivity index (χ1) is 10.6. The van der Waals surface area contributed by atoms with Crippen LogP contribution in [0.5, 0.6) is 0 Å². The number of halogens is 2. The second-order valence-electron chi connectivity index (χ2n) is 4.40. The topological polar surface area (TPSA) is 41.5 Å². The number of benzene rings is 2. The minimum absolute atomic E-state index is 0.119. The van der Waals surface area contributed by atoms with Crippen molar-refractivity contribution >= 4 is 47.1 Å². The van der Waals surface area contributed by atoms with Crippen molar-refractivity contribution in [3.63, 3.8) is 0 Å². The molecule has 6 heteroatoms. The molecule has 0 saturated heterocycles. The lowest BCUT2D eigenvalue weighted by Crippen LogP contribution is -2.17. The van der Waals surface area contributed by atoms with Crippen molar-refractivity contribution < 1.29 is 4.79 Å². The molecule has 22 heavy (non-hydrogen) atoms. The number of nitrogens with zero attached hydrogens (tertiary/aromatic N) is 1. The summed E-state index contributed by atoms with van der Waals surface area (Å²) in [5, 5.41) is 5.29. The van der Waals surface area contributed by atoms with E-state index in [1.807, 2.05) is 36.4 Å². The molecule has 1 N–H and O–H groups in total. The first kappa shape index (κ1) is 16.9. The molecule has 0 aliphatic rings. The highest BCUT2D eigenvalue weighted by Crippen LogP contribution is 2.20. The van der Waals surface area contributed by atoms with E-state index in [9.17, 15) is 4.79 Å². The highest BCUT2D eigenvalue weighted by molar-refractivity contribution is 7.99. The summed E-state index contributed by atoms with van der Waals surface area (Å²) in [5.74, 6) is 0.566. The molecule has 0 saturated carbocycles. The van der Waals surface area contributed by atoms with Crippen LogP contribution in [0.4, 0.5) is 0 Å². The summed E-state index contributed by atoms with van der Waals surface area (Å²) in [5.41, 5.74) is 3.38. The summed E-state index contributed by atoms with van der Waals surface area (Å²) in [4.78, 5) is 12.7. The fourth-order valence-electron chi connectivity index (χ4n) is 1.58. The quantitative estimate of drug-likeness (QED) is 0.468. The predicted molar refractivity (Wildman–Crippen MR) is 94.0 cm³/mol. The van der Waals surface area contributed by atoms with Crippen LogP contribution in [0.2, 0.25) is 10.0 Å². The van der Waals surface area contributed by atoms with Gasteiger partial charge in [0.1, 0.15) is 0 Å². The maximum Gasteiger partial charge on any atom is 0.240 e. The van der Waals surface area contributed by atoms with Gasteiger partial charge in [-0.2, -0.15) is 5.10 Å².